The Balaban J connectivity index is 1.99. The number of carbonyl (C=O) groups excluding carboxylic acids is 1. The summed E-state index contributed by atoms with van der Waals surface area (Å²) in [6.07, 6.45) is 6.99. The molecule has 4 heteroatoms. The van der Waals surface area contributed by atoms with Gasteiger partial charge in [-0.3, -0.25) is 4.79 Å². The molecule has 2 rings (SSSR count). The monoisotopic (exact) mass is 353 g/mol. The lowest BCUT2D eigenvalue weighted by molar-refractivity contribution is -0.121. The topological polar surface area (TPSA) is 52.3 Å². The van der Waals surface area contributed by atoms with E-state index < -0.39 is 0 Å². The van der Waals surface area contributed by atoms with Crippen molar-refractivity contribution in [3.63, 3.8) is 0 Å². The van der Waals surface area contributed by atoms with Crippen LogP contribution in [0.3, 0.4) is 0 Å². The molecule has 0 spiro atoms. The van der Waals surface area contributed by atoms with Crippen LogP contribution in [0.5, 0.6) is 5.75 Å². The maximum Gasteiger partial charge on any atom is 0.137 e. The molecule has 0 unspecified atom stereocenters. The summed E-state index contributed by atoms with van der Waals surface area (Å²) in [5, 5.41) is 0. The third-order valence-corrected chi connectivity index (χ3v) is 5.16. The molecule has 3 nitrogen and oxygen atoms in total. The van der Waals surface area contributed by atoms with E-state index >= 15 is 0 Å². The first-order valence-electron chi connectivity index (χ1n) is 7.63. The Morgan fingerprint density at radius 1 is 1.33 bits per heavy atom. The van der Waals surface area contributed by atoms with Gasteiger partial charge < -0.3 is 10.5 Å². The fourth-order valence-corrected chi connectivity index (χ4v) is 3.87. The molecule has 0 heterocycles. The molecule has 0 bridgehead atoms. The Labute approximate surface area is 135 Å². The molecule has 0 amide bonds. The number of hydrogen-bond acceptors (Lipinski definition) is 3. The van der Waals surface area contributed by atoms with Crippen molar-refractivity contribution in [2.75, 3.05) is 13.7 Å². The highest BCUT2D eigenvalue weighted by atomic mass is 79.9. The van der Waals surface area contributed by atoms with Gasteiger partial charge >= 0.3 is 0 Å². The summed E-state index contributed by atoms with van der Waals surface area (Å²) in [5.41, 5.74) is 7.04. The van der Waals surface area contributed by atoms with Gasteiger partial charge in [0.15, 0.2) is 0 Å². The van der Waals surface area contributed by atoms with Gasteiger partial charge in [-0.15, -0.1) is 0 Å². The van der Waals surface area contributed by atoms with Crippen LogP contribution in [0, 0.1) is 5.41 Å². The van der Waals surface area contributed by atoms with Crippen molar-refractivity contribution in [3.8, 4) is 5.75 Å². The molecule has 1 fully saturated rings. The van der Waals surface area contributed by atoms with E-state index in [4.69, 9.17) is 10.5 Å². The second-order valence-corrected chi connectivity index (χ2v) is 6.98. The number of halogens is 1. The Bertz CT molecular complexity index is 496. The fraction of sp³-hybridized carbons (Fsp3) is 0.588. The summed E-state index contributed by atoms with van der Waals surface area (Å²) in [6, 6.07) is 5.82. The van der Waals surface area contributed by atoms with Crippen molar-refractivity contribution in [1.82, 2.24) is 0 Å². The van der Waals surface area contributed by atoms with E-state index in [0.29, 0.717) is 25.2 Å². The van der Waals surface area contributed by atoms with Gasteiger partial charge in [-0.1, -0.05) is 25.3 Å². The molecule has 1 aromatic carbocycles. The number of Topliss-reactive ketones (excluding diaryl/α,β-unsaturated/α-hetero) is 1. The van der Waals surface area contributed by atoms with Crippen molar-refractivity contribution in [1.29, 1.82) is 0 Å². The first kappa shape index (κ1) is 16.5. The van der Waals surface area contributed by atoms with Gasteiger partial charge in [0, 0.05) is 12.8 Å². The maximum absolute atomic E-state index is 12.4. The molecular weight excluding hydrogens is 330 g/mol. The Hall–Kier alpha value is -0.870. The predicted molar refractivity (Wildman–Crippen MR) is 88.6 cm³/mol. The van der Waals surface area contributed by atoms with Crippen molar-refractivity contribution >= 4 is 21.7 Å². The van der Waals surface area contributed by atoms with E-state index in [1.54, 1.807) is 7.11 Å². The number of carbonyl (C=O) groups is 1. The number of ketones is 1. The van der Waals surface area contributed by atoms with Gasteiger partial charge in [-0.05, 0) is 58.4 Å². The summed E-state index contributed by atoms with van der Waals surface area (Å²) >= 11 is 3.46. The molecule has 1 aromatic rings. The molecule has 0 radical (unpaired) electrons. The average molecular weight is 354 g/mol. The fourth-order valence-electron chi connectivity index (χ4n) is 3.28. The predicted octanol–water partition coefficient (Wildman–Crippen LogP) is 3.87. The van der Waals surface area contributed by atoms with E-state index in [0.717, 1.165) is 28.6 Å². The van der Waals surface area contributed by atoms with Gasteiger partial charge in [0.1, 0.15) is 11.5 Å². The highest BCUT2D eigenvalue weighted by Crippen LogP contribution is 2.38. The van der Waals surface area contributed by atoms with Crippen LogP contribution in [0.1, 0.15) is 44.1 Å². The smallest absolute Gasteiger partial charge is 0.137 e. The minimum Gasteiger partial charge on any atom is -0.496 e. The standard InChI is InChI=1S/C17H24BrNO2/c1-21-16-6-5-13(10-15(16)18)9-14(20)11-17(12-19)7-3-2-4-8-17/h5-6,10H,2-4,7-9,11-12,19H2,1H3. The molecule has 0 aromatic heterocycles. The lowest BCUT2D eigenvalue weighted by Gasteiger charge is -2.35. The molecular formula is C17H24BrNO2. The van der Waals surface area contributed by atoms with Crippen LogP contribution in [-0.4, -0.2) is 19.4 Å². The zero-order chi connectivity index (χ0) is 15.3. The molecule has 1 aliphatic carbocycles. The second kappa shape index (κ2) is 7.41. The number of rotatable bonds is 6. The maximum atomic E-state index is 12.4. The van der Waals surface area contributed by atoms with Crippen molar-refractivity contribution in [2.45, 2.75) is 44.9 Å². The van der Waals surface area contributed by atoms with Gasteiger partial charge in [0.05, 0.1) is 11.6 Å². The Morgan fingerprint density at radius 3 is 2.62 bits per heavy atom. The summed E-state index contributed by atoms with van der Waals surface area (Å²) in [5.74, 6) is 1.08. The molecule has 1 saturated carbocycles. The SMILES string of the molecule is COc1ccc(CC(=O)CC2(CN)CCCCC2)cc1Br. The Kier molecular flexibility index (Phi) is 5.82. The van der Waals surface area contributed by atoms with E-state index in [9.17, 15) is 4.79 Å². The first-order chi connectivity index (χ1) is 10.1. The largest absolute Gasteiger partial charge is 0.496 e. The molecule has 0 saturated heterocycles. The quantitative estimate of drug-likeness (QED) is 0.844. The summed E-state index contributed by atoms with van der Waals surface area (Å²) < 4.78 is 6.10. The highest BCUT2D eigenvalue weighted by molar-refractivity contribution is 9.10. The van der Waals surface area contributed by atoms with Gasteiger partial charge in [0.25, 0.3) is 0 Å². The van der Waals surface area contributed by atoms with Crippen molar-refractivity contribution in [3.05, 3.63) is 28.2 Å². The number of benzene rings is 1. The van der Waals surface area contributed by atoms with Crippen LogP contribution in [0.25, 0.3) is 0 Å². The van der Waals surface area contributed by atoms with Gasteiger partial charge in [-0.2, -0.15) is 0 Å². The zero-order valence-corrected chi connectivity index (χ0v) is 14.2. The summed E-state index contributed by atoms with van der Waals surface area (Å²) in [4.78, 5) is 12.4. The number of nitrogens with two attached hydrogens (primary N) is 1. The van der Waals surface area contributed by atoms with Crippen LogP contribution >= 0.6 is 15.9 Å². The molecule has 116 valence electrons. The molecule has 0 atom stereocenters. The number of methoxy groups -OCH3 is 1. The third kappa shape index (κ3) is 4.30. The molecule has 1 aliphatic rings. The van der Waals surface area contributed by atoms with Crippen LogP contribution < -0.4 is 10.5 Å². The summed E-state index contributed by atoms with van der Waals surface area (Å²) in [6.45, 7) is 0.630. The lowest BCUT2D eigenvalue weighted by Crippen LogP contribution is -2.35. The van der Waals surface area contributed by atoms with Crippen molar-refractivity contribution in [2.24, 2.45) is 11.1 Å². The van der Waals surface area contributed by atoms with Gasteiger partial charge in [-0.25, -0.2) is 0 Å². The van der Waals surface area contributed by atoms with E-state index in [1.807, 2.05) is 18.2 Å². The zero-order valence-electron chi connectivity index (χ0n) is 12.7. The summed E-state index contributed by atoms with van der Waals surface area (Å²) in [7, 11) is 1.64. The molecule has 0 aliphatic heterocycles. The molecule has 2 N–H and O–H groups in total. The molecule has 21 heavy (non-hydrogen) atoms. The number of hydrogen-bond donors (Lipinski definition) is 1. The van der Waals surface area contributed by atoms with E-state index in [-0.39, 0.29) is 5.41 Å². The second-order valence-electron chi connectivity index (χ2n) is 6.13. The van der Waals surface area contributed by atoms with Crippen LogP contribution in [-0.2, 0) is 11.2 Å². The number of ether oxygens (including phenoxy) is 1. The van der Waals surface area contributed by atoms with Crippen molar-refractivity contribution < 1.29 is 9.53 Å². The van der Waals surface area contributed by atoms with Crippen LogP contribution in [0.4, 0.5) is 0 Å². The minimum absolute atomic E-state index is 0.0546. The van der Waals surface area contributed by atoms with E-state index in [1.165, 1.54) is 19.3 Å². The normalized spacial score (nSPS) is 17.5. The first-order valence-corrected chi connectivity index (χ1v) is 8.42. The Morgan fingerprint density at radius 2 is 2.05 bits per heavy atom. The van der Waals surface area contributed by atoms with Gasteiger partial charge in [0.2, 0.25) is 0 Å². The lowest BCUT2D eigenvalue weighted by atomic mass is 9.70. The highest BCUT2D eigenvalue weighted by Gasteiger charge is 2.32. The van der Waals surface area contributed by atoms with Crippen LogP contribution in [0.15, 0.2) is 22.7 Å². The average Bonchev–Trinajstić information content (AvgIpc) is 2.48. The third-order valence-electron chi connectivity index (χ3n) is 4.54. The van der Waals surface area contributed by atoms with E-state index in [2.05, 4.69) is 15.9 Å². The van der Waals surface area contributed by atoms with Crippen LogP contribution in [0.2, 0.25) is 0 Å². The minimum atomic E-state index is 0.0546.